The molecule has 2 N–H and O–H groups in total. The molecule has 0 aliphatic heterocycles. The Morgan fingerprint density at radius 3 is 2.75 bits per heavy atom. The van der Waals surface area contributed by atoms with Crippen molar-refractivity contribution in [2.45, 2.75) is 0 Å². The molecule has 0 radical (unpaired) electrons. The molecule has 5 heteroatoms. The summed E-state index contributed by atoms with van der Waals surface area (Å²) in [6.45, 7) is 0. The van der Waals surface area contributed by atoms with E-state index in [9.17, 15) is 0 Å². The van der Waals surface area contributed by atoms with E-state index in [4.69, 9.17) is 10.5 Å². The highest BCUT2D eigenvalue weighted by molar-refractivity contribution is 5.77. The zero-order valence-electron chi connectivity index (χ0n) is 8.23. The normalized spacial score (nSPS) is 9.12. The molecular weight excluding hydrogens is 202 g/mol. The van der Waals surface area contributed by atoms with Crippen LogP contribution >= 0.6 is 0 Å². The minimum atomic E-state index is 0.000422. The highest BCUT2D eigenvalue weighted by Gasteiger charge is 1.99. The first-order valence-electron chi connectivity index (χ1n) is 4.55. The van der Waals surface area contributed by atoms with Gasteiger partial charge in [-0.25, -0.2) is 4.98 Å². The second-order valence-corrected chi connectivity index (χ2v) is 3.03. The predicted molar refractivity (Wildman–Crippen MR) is 59.0 cm³/mol. The van der Waals surface area contributed by atoms with Crippen LogP contribution in [0.4, 0.5) is 5.95 Å². The largest absolute Gasteiger partial charge is 0.330 e. The summed E-state index contributed by atoms with van der Waals surface area (Å²) in [5, 5.41) is 19.8. The van der Waals surface area contributed by atoms with E-state index in [-0.39, 0.29) is 5.57 Å². The van der Waals surface area contributed by atoms with Crippen molar-refractivity contribution in [2.24, 2.45) is 0 Å². The van der Waals surface area contributed by atoms with Crippen molar-refractivity contribution in [3.05, 3.63) is 36.0 Å². The summed E-state index contributed by atoms with van der Waals surface area (Å²) in [6.07, 6.45) is 1.32. The number of nitriles is 2. The van der Waals surface area contributed by atoms with Gasteiger partial charge in [0.15, 0.2) is 0 Å². The van der Waals surface area contributed by atoms with Crippen LogP contribution in [0.5, 0.6) is 0 Å². The van der Waals surface area contributed by atoms with E-state index in [1.807, 2.05) is 24.3 Å². The maximum atomic E-state index is 8.53. The third-order valence-corrected chi connectivity index (χ3v) is 1.98. The van der Waals surface area contributed by atoms with Crippen LogP contribution in [0.25, 0.3) is 11.0 Å². The molecule has 76 valence electrons. The van der Waals surface area contributed by atoms with Gasteiger partial charge in [-0.05, 0) is 12.1 Å². The number of para-hydroxylation sites is 2. The fourth-order valence-corrected chi connectivity index (χ4v) is 1.25. The molecule has 0 saturated carbocycles. The monoisotopic (exact) mass is 209 g/mol. The van der Waals surface area contributed by atoms with Crippen LogP contribution in [0.2, 0.25) is 0 Å². The van der Waals surface area contributed by atoms with Crippen molar-refractivity contribution < 1.29 is 0 Å². The molecule has 2 rings (SSSR count). The third-order valence-electron chi connectivity index (χ3n) is 1.98. The second kappa shape index (κ2) is 4.16. The van der Waals surface area contributed by atoms with Crippen LogP contribution in [-0.2, 0) is 0 Å². The molecule has 0 spiro atoms. The average Bonchev–Trinajstić information content (AvgIpc) is 2.73. The molecule has 0 saturated heterocycles. The van der Waals surface area contributed by atoms with E-state index in [1.54, 1.807) is 12.1 Å². The molecule has 0 amide bonds. The predicted octanol–water partition coefficient (Wildman–Crippen LogP) is 1.91. The van der Waals surface area contributed by atoms with Crippen molar-refractivity contribution in [3.8, 4) is 12.1 Å². The topological polar surface area (TPSA) is 88.3 Å². The number of hydrogen-bond donors (Lipinski definition) is 2. The standard InChI is InChI=1S/C11H7N5/c12-5-8(6-13)7-14-11-15-9-3-1-2-4-10(9)16-11/h1-4,7H,(H2,14,15,16). The number of allylic oxidation sites excluding steroid dienone is 1. The lowest BCUT2D eigenvalue weighted by Gasteiger charge is -1.91. The number of aromatic nitrogens is 2. The first kappa shape index (κ1) is 9.75. The first-order valence-corrected chi connectivity index (χ1v) is 4.55. The summed E-state index contributed by atoms with van der Waals surface area (Å²) < 4.78 is 0. The average molecular weight is 209 g/mol. The minimum absolute atomic E-state index is 0.000422. The zero-order chi connectivity index (χ0) is 11.4. The molecule has 1 aromatic heterocycles. The number of benzene rings is 1. The number of aromatic amines is 1. The maximum absolute atomic E-state index is 8.53. The molecule has 0 bridgehead atoms. The lowest BCUT2D eigenvalue weighted by atomic mass is 10.3. The van der Waals surface area contributed by atoms with Gasteiger partial charge in [0.1, 0.15) is 17.7 Å². The molecule has 0 fully saturated rings. The Bertz CT molecular complexity index is 575. The number of nitrogens with zero attached hydrogens (tertiary/aromatic N) is 3. The van der Waals surface area contributed by atoms with Crippen LogP contribution in [0.15, 0.2) is 36.0 Å². The SMILES string of the molecule is N#CC(C#N)=CNc1nc2ccccc2[nH]1. The van der Waals surface area contributed by atoms with Gasteiger partial charge < -0.3 is 10.3 Å². The summed E-state index contributed by atoms with van der Waals surface area (Å²) in [6, 6.07) is 11.1. The number of rotatable bonds is 2. The van der Waals surface area contributed by atoms with Crippen molar-refractivity contribution in [1.82, 2.24) is 9.97 Å². The van der Waals surface area contributed by atoms with Crippen LogP contribution in [-0.4, -0.2) is 9.97 Å². The van der Waals surface area contributed by atoms with Crippen LogP contribution in [0.3, 0.4) is 0 Å². The first-order chi connectivity index (χ1) is 7.83. The van der Waals surface area contributed by atoms with Gasteiger partial charge in [-0.2, -0.15) is 10.5 Å². The molecule has 16 heavy (non-hydrogen) atoms. The van der Waals surface area contributed by atoms with Crippen LogP contribution in [0, 0.1) is 22.7 Å². The van der Waals surface area contributed by atoms with Crippen molar-refractivity contribution in [3.63, 3.8) is 0 Å². The molecule has 0 aliphatic rings. The van der Waals surface area contributed by atoms with E-state index < -0.39 is 0 Å². The molecule has 0 unspecified atom stereocenters. The maximum Gasteiger partial charge on any atom is 0.205 e. The summed E-state index contributed by atoms with van der Waals surface area (Å²) in [5.41, 5.74) is 1.73. The van der Waals surface area contributed by atoms with Crippen molar-refractivity contribution >= 4 is 17.0 Å². The van der Waals surface area contributed by atoms with Gasteiger partial charge in [-0.3, -0.25) is 0 Å². The van der Waals surface area contributed by atoms with E-state index in [2.05, 4.69) is 15.3 Å². The highest BCUT2D eigenvalue weighted by atomic mass is 15.1. The number of H-pyrrole nitrogens is 1. The smallest absolute Gasteiger partial charge is 0.205 e. The molecule has 5 nitrogen and oxygen atoms in total. The Labute approximate surface area is 91.6 Å². The van der Waals surface area contributed by atoms with E-state index in [1.165, 1.54) is 6.20 Å². The van der Waals surface area contributed by atoms with Gasteiger partial charge in [0.05, 0.1) is 11.0 Å². The van der Waals surface area contributed by atoms with Gasteiger partial charge in [-0.1, -0.05) is 12.1 Å². The van der Waals surface area contributed by atoms with Gasteiger partial charge in [-0.15, -0.1) is 0 Å². The zero-order valence-corrected chi connectivity index (χ0v) is 8.23. The number of imidazole rings is 1. The highest BCUT2D eigenvalue weighted by Crippen LogP contribution is 2.13. The molecule has 1 aromatic carbocycles. The minimum Gasteiger partial charge on any atom is -0.330 e. The van der Waals surface area contributed by atoms with Crippen molar-refractivity contribution in [2.75, 3.05) is 5.32 Å². The Morgan fingerprint density at radius 2 is 2.06 bits per heavy atom. The summed E-state index contributed by atoms with van der Waals surface area (Å²) in [5.74, 6) is 0.504. The van der Waals surface area contributed by atoms with Gasteiger partial charge in [0, 0.05) is 6.20 Å². The Kier molecular flexibility index (Phi) is 2.53. The van der Waals surface area contributed by atoms with E-state index in [0.717, 1.165) is 11.0 Å². The molecule has 0 aliphatic carbocycles. The summed E-state index contributed by atoms with van der Waals surface area (Å²) in [7, 11) is 0. The lowest BCUT2D eigenvalue weighted by molar-refractivity contribution is 1.30. The van der Waals surface area contributed by atoms with Crippen LogP contribution in [0.1, 0.15) is 0 Å². The molecule has 2 aromatic rings. The fraction of sp³-hybridized carbons (Fsp3) is 0. The van der Waals surface area contributed by atoms with E-state index >= 15 is 0 Å². The summed E-state index contributed by atoms with van der Waals surface area (Å²) >= 11 is 0. The molecule has 0 atom stereocenters. The summed E-state index contributed by atoms with van der Waals surface area (Å²) in [4.78, 5) is 7.24. The van der Waals surface area contributed by atoms with E-state index in [0.29, 0.717) is 5.95 Å². The van der Waals surface area contributed by atoms with Gasteiger partial charge >= 0.3 is 0 Å². The Balaban J connectivity index is 2.27. The Morgan fingerprint density at radius 1 is 1.31 bits per heavy atom. The fourth-order valence-electron chi connectivity index (χ4n) is 1.25. The molecular formula is C11H7N5. The number of anilines is 1. The third kappa shape index (κ3) is 1.84. The number of fused-ring (bicyclic) bond motifs is 1. The quantitative estimate of drug-likeness (QED) is 0.739. The van der Waals surface area contributed by atoms with Gasteiger partial charge in [0.25, 0.3) is 0 Å². The molecule has 1 heterocycles. The van der Waals surface area contributed by atoms with Gasteiger partial charge in [0.2, 0.25) is 5.95 Å². The second-order valence-electron chi connectivity index (χ2n) is 3.03. The van der Waals surface area contributed by atoms with Crippen molar-refractivity contribution in [1.29, 1.82) is 10.5 Å². The Hall–Kier alpha value is -2.79. The number of hydrogen-bond acceptors (Lipinski definition) is 4. The van der Waals surface area contributed by atoms with Crippen LogP contribution < -0.4 is 5.32 Å². The number of nitrogens with one attached hydrogen (secondary N) is 2. The lowest BCUT2D eigenvalue weighted by Crippen LogP contribution is -1.91.